The van der Waals surface area contributed by atoms with Crippen molar-refractivity contribution in [3.63, 3.8) is 0 Å². The number of aliphatic hydroxyl groups is 1. The van der Waals surface area contributed by atoms with E-state index in [9.17, 15) is 5.11 Å². The van der Waals surface area contributed by atoms with Gasteiger partial charge in [-0.2, -0.15) is 0 Å². The Balaban J connectivity index is 2.30. The summed E-state index contributed by atoms with van der Waals surface area (Å²) in [5.74, 6) is 0. The van der Waals surface area contributed by atoms with E-state index in [1.165, 1.54) is 12.8 Å². The topological polar surface area (TPSA) is 33.1 Å². The molecule has 0 bridgehead atoms. The Hall–Kier alpha value is -0.890. The first-order valence-electron chi connectivity index (χ1n) is 6.28. The second-order valence-corrected chi connectivity index (χ2v) is 5.06. The molecular formula is C14H21NO. The molecule has 1 aromatic heterocycles. The quantitative estimate of drug-likeness (QED) is 0.845. The Morgan fingerprint density at radius 1 is 1.44 bits per heavy atom. The molecule has 88 valence electrons. The summed E-state index contributed by atoms with van der Waals surface area (Å²) in [5, 5.41) is 10.6. The van der Waals surface area contributed by atoms with Crippen LogP contribution in [0, 0.1) is 12.3 Å². The lowest BCUT2D eigenvalue weighted by molar-refractivity contribution is 0.0230. The summed E-state index contributed by atoms with van der Waals surface area (Å²) in [4.78, 5) is 4.14. The second-order valence-electron chi connectivity index (χ2n) is 5.06. The summed E-state index contributed by atoms with van der Waals surface area (Å²) < 4.78 is 0. The van der Waals surface area contributed by atoms with Gasteiger partial charge in [0, 0.05) is 23.4 Å². The van der Waals surface area contributed by atoms with Crippen molar-refractivity contribution in [3.8, 4) is 0 Å². The molecule has 1 unspecified atom stereocenters. The average Bonchev–Trinajstić information content (AvgIpc) is 2.78. The van der Waals surface area contributed by atoms with Gasteiger partial charge in [0.2, 0.25) is 0 Å². The molecule has 0 aliphatic heterocycles. The first kappa shape index (κ1) is 11.6. The SMILES string of the molecule is CCC1(C(O)c2cnccc2C)CCCC1. The number of pyridine rings is 1. The number of aryl methyl sites for hydroxylation is 1. The van der Waals surface area contributed by atoms with Gasteiger partial charge in [-0.25, -0.2) is 0 Å². The Kier molecular flexibility index (Phi) is 3.29. The predicted molar refractivity (Wildman–Crippen MR) is 65.1 cm³/mol. The summed E-state index contributed by atoms with van der Waals surface area (Å²) in [7, 11) is 0. The lowest BCUT2D eigenvalue weighted by atomic mass is 9.75. The van der Waals surface area contributed by atoms with Crippen LogP contribution < -0.4 is 0 Å². The second kappa shape index (κ2) is 4.54. The van der Waals surface area contributed by atoms with Crippen molar-refractivity contribution in [3.05, 3.63) is 29.6 Å². The summed E-state index contributed by atoms with van der Waals surface area (Å²) in [6, 6.07) is 1.98. The van der Waals surface area contributed by atoms with Crippen molar-refractivity contribution in [1.82, 2.24) is 4.98 Å². The van der Waals surface area contributed by atoms with E-state index in [0.717, 1.165) is 30.4 Å². The molecule has 1 atom stereocenters. The zero-order chi connectivity index (χ0) is 11.6. The monoisotopic (exact) mass is 219 g/mol. The number of hydrogen-bond acceptors (Lipinski definition) is 2. The largest absolute Gasteiger partial charge is 0.388 e. The van der Waals surface area contributed by atoms with Crippen LogP contribution in [0.3, 0.4) is 0 Å². The van der Waals surface area contributed by atoms with Crippen LogP contribution in [0.2, 0.25) is 0 Å². The maximum atomic E-state index is 10.6. The number of hydrogen-bond donors (Lipinski definition) is 1. The van der Waals surface area contributed by atoms with Crippen LogP contribution in [0.1, 0.15) is 56.3 Å². The molecular weight excluding hydrogens is 198 g/mol. The molecule has 0 aromatic carbocycles. The van der Waals surface area contributed by atoms with E-state index in [1.54, 1.807) is 6.20 Å². The van der Waals surface area contributed by atoms with Crippen molar-refractivity contribution < 1.29 is 5.11 Å². The van der Waals surface area contributed by atoms with Gasteiger partial charge < -0.3 is 5.11 Å². The van der Waals surface area contributed by atoms with E-state index >= 15 is 0 Å². The molecule has 1 N–H and O–H groups in total. The predicted octanol–water partition coefficient (Wildman–Crippen LogP) is 3.39. The highest BCUT2D eigenvalue weighted by Gasteiger charge is 2.40. The molecule has 0 saturated heterocycles. The molecule has 2 heteroatoms. The first-order chi connectivity index (χ1) is 7.69. The molecule has 2 nitrogen and oxygen atoms in total. The Morgan fingerprint density at radius 2 is 2.12 bits per heavy atom. The van der Waals surface area contributed by atoms with Gasteiger partial charge in [0.05, 0.1) is 6.10 Å². The van der Waals surface area contributed by atoms with Gasteiger partial charge in [-0.05, 0) is 37.8 Å². The number of aliphatic hydroxyl groups excluding tert-OH is 1. The van der Waals surface area contributed by atoms with Gasteiger partial charge in [-0.3, -0.25) is 4.98 Å². The maximum Gasteiger partial charge on any atom is 0.0863 e. The third kappa shape index (κ3) is 1.86. The van der Waals surface area contributed by atoms with E-state index in [0.29, 0.717) is 0 Å². The third-order valence-corrected chi connectivity index (χ3v) is 4.26. The number of nitrogens with zero attached hydrogens (tertiary/aromatic N) is 1. The van der Waals surface area contributed by atoms with Crippen LogP contribution in [0.15, 0.2) is 18.5 Å². The smallest absolute Gasteiger partial charge is 0.0863 e. The van der Waals surface area contributed by atoms with Crippen molar-refractivity contribution in [2.45, 2.75) is 52.1 Å². The average molecular weight is 219 g/mol. The number of rotatable bonds is 3. The molecule has 1 saturated carbocycles. The highest BCUT2D eigenvalue weighted by molar-refractivity contribution is 5.25. The van der Waals surface area contributed by atoms with Crippen molar-refractivity contribution in [2.75, 3.05) is 0 Å². The van der Waals surface area contributed by atoms with E-state index in [2.05, 4.69) is 18.8 Å². The molecule has 16 heavy (non-hydrogen) atoms. The van der Waals surface area contributed by atoms with Gasteiger partial charge in [0.25, 0.3) is 0 Å². The van der Waals surface area contributed by atoms with E-state index in [1.807, 2.05) is 12.3 Å². The molecule has 1 aromatic rings. The summed E-state index contributed by atoms with van der Waals surface area (Å²) in [6.45, 7) is 4.25. The Labute approximate surface area is 97.7 Å². The fraction of sp³-hybridized carbons (Fsp3) is 0.643. The van der Waals surface area contributed by atoms with E-state index in [4.69, 9.17) is 0 Å². The highest BCUT2D eigenvalue weighted by Crippen LogP contribution is 2.50. The fourth-order valence-electron chi connectivity index (χ4n) is 2.99. The van der Waals surface area contributed by atoms with Gasteiger partial charge in [-0.1, -0.05) is 19.8 Å². The Bertz CT molecular complexity index is 356. The van der Waals surface area contributed by atoms with Gasteiger partial charge >= 0.3 is 0 Å². The Morgan fingerprint density at radius 3 is 2.69 bits per heavy atom. The van der Waals surface area contributed by atoms with Crippen LogP contribution in [-0.2, 0) is 0 Å². The zero-order valence-electron chi connectivity index (χ0n) is 10.2. The summed E-state index contributed by atoms with van der Waals surface area (Å²) >= 11 is 0. The van der Waals surface area contributed by atoms with Crippen LogP contribution in [-0.4, -0.2) is 10.1 Å². The van der Waals surface area contributed by atoms with Crippen molar-refractivity contribution >= 4 is 0 Å². The van der Waals surface area contributed by atoms with Crippen LogP contribution in [0.4, 0.5) is 0 Å². The zero-order valence-corrected chi connectivity index (χ0v) is 10.2. The lowest BCUT2D eigenvalue weighted by Crippen LogP contribution is -2.25. The molecule has 2 rings (SSSR count). The minimum atomic E-state index is -0.339. The van der Waals surface area contributed by atoms with E-state index < -0.39 is 0 Å². The maximum absolute atomic E-state index is 10.6. The molecule has 1 aliphatic rings. The minimum absolute atomic E-state index is 0.105. The van der Waals surface area contributed by atoms with Crippen LogP contribution >= 0.6 is 0 Å². The third-order valence-electron chi connectivity index (χ3n) is 4.26. The van der Waals surface area contributed by atoms with Gasteiger partial charge in [-0.15, -0.1) is 0 Å². The fourth-order valence-corrected chi connectivity index (χ4v) is 2.99. The molecule has 0 spiro atoms. The van der Waals surface area contributed by atoms with Crippen molar-refractivity contribution in [1.29, 1.82) is 0 Å². The number of aromatic nitrogens is 1. The highest BCUT2D eigenvalue weighted by atomic mass is 16.3. The summed E-state index contributed by atoms with van der Waals surface area (Å²) in [5.41, 5.74) is 2.28. The normalized spacial score (nSPS) is 20.9. The lowest BCUT2D eigenvalue weighted by Gasteiger charge is -2.34. The summed E-state index contributed by atoms with van der Waals surface area (Å²) in [6.07, 6.45) is 9.15. The molecule has 0 amide bonds. The van der Waals surface area contributed by atoms with Crippen molar-refractivity contribution in [2.24, 2.45) is 5.41 Å². The standard InChI is InChI=1S/C14H21NO/c1-3-14(7-4-5-8-14)13(16)12-10-15-9-6-11(12)2/h6,9-10,13,16H,3-5,7-8H2,1-2H3. The van der Waals surface area contributed by atoms with Crippen LogP contribution in [0.5, 0.6) is 0 Å². The minimum Gasteiger partial charge on any atom is -0.388 e. The molecule has 1 aliphatic carbocycles. The van der Waals surface area contributed by atoms with Crippen LogP contribution in [0.25, 0.3) is 0 Å². The molecule has 0 radical (unpaired) electrons. The molecule has 1 fully saturated rings. The molecule has 1 heterocycles. The van der Waals surface area contributed by atoms with Gasteiger partial charge in [0.1, 0.15) is 0 Å². The van der Waals surface area contributed by atoms with E-state index in [-0.39, 0.29) is 11.5 Å². The van der Waals surface area contributed by atoms with Gasteiger partial charge in [0.15, 0.2) is 0 Å². The first-order valence-corrected chi connectivity index (χ1v) is 6.28.